The number of carbonyl (C=O) groups excluding carboxylic acids is 2. The Morgan fingerprint density at radius 2 is 1.94 bits per heavy atom. The molecule has 2 rings (SSSR count). The highest BCUT2D eigenvalue weighted by Crippen LogP contribution is 2.24. The number of carbonyl (C=O) groups is 2. The molecule has 0 unspecified atom stereocenters. The Kier molecular flexibility index (Phi) is 3.13. The van der Waals surface area contributed by atoms with Crippen molar-refractivity contribution in [3.05, 3.63) is 35.6 Å². The Bertz CT molecular complexity index is 408. The van der Waals surface area contributed by atoms with Gasteiger partial charge >= 0.3 is 0 Å². The molecule has 16 heavy (non-hydrogen) atoms. The van der Waals surface area contributed by atoms with Crippen LogP contribution in [0.2, 0.25) is 0 Å². The summed E-state index contributed by atoms with van der Waals surface area (Å²) in [5.74, 6) is -0.428. The van der Waals surface area contributed by atoms with Crippen molar-refractivity contribution in [2.45, 2.75) is 25.7 Å². The summed E-state index contributed by atoms with van der Waals surface area (Å²) in [6, 6.07) is 5.52. The Hall–Kier alpha value is -1.51. The van der Waals surface area contributed by atoms with Gasteiger partial charge in [0, 0.05) is 24.3 Å². The lowest BCUT2D eigenvalue weighted by Crippen LogP contribution is -2.22. The minimum Gasteiger partial charge on any atom is -0.300 e. The highest BCUT2D eigenvalue weighted by Gasteiger charge is 2.26. The summed E-state index contributed by atoms with van der Waals surface area (Å²) in [6.45, 7) is 0. The molecule has 0 aliphatic heterocycles. The van der Waals surface area contributed by atoms with E-state index in [1.54, 1.807) is 0 Å². The van der Waals surface area contributed by atoms with E-state index in [1.165, 1.54) is 24.3 Å². The first kappa shape index (κ1) is 11.0. The quantitative estimate of drug-likeness (QED) is 0.718. The van der Waals surface area contributed by atoms with Crippen LogP contribution in [0, 0.1) is 11.7 Å². The van der Waals surface area contributed by atoms with E-state index in [1.807, 2.05) is 0 Å². The standard InChI is InChI=1S/C13H13FO2/c14-11-6-4-9(5-7-11)13(16)10-2-1-3-12(15)8-10/h4-7,10H,1-3,8H2/t10-/m1/s1. The van der Waals surface area contributed by atoms with Gasteiger partial charge in [0.05, 0.1) is 0 Å². The Balaban J connectivity index is 2.12. The topological polar surface area (TPSA) is 34.1 Å². The van der Waals surface area contributed by atoms with Crippen LogP contribution in [0.3, 0.4) is 0 Å². The van der Waals surface area contributed by atoms with Gasteiger partial charge in [-0.05, 0) is 37.1 Å². The summed E-state index contributed by atoms with van der Waals surface area (Å²) in [7, 11) is 0. The lowest BCUT2D eigenvalue weighted by Gasteiger charge is -2.19. The molecule has 2 nitrogen and oxygen atoms in total. The molecular formula is C13H13FO2. The van der Waals surface area contributed by atoms with Gasteiger partial charge in [-0.1, -0.05) is 0 Å². The highest BCUT2D eigenvalue weighted by atomic mass is 19.1. The van der Waals surface area contributed by atoms with Gasteiger partial charge in [0.15, 0.2) is 5.78 Å². The van der Waals surface area contributed by atoms with Gasteiger partial charge in [-0.25, -0.2) is 4.39 Å². The molecule has 0 N–H and O–H groups in total. The van der Waals surface area contributed by atoms with Crippen molar-refractivity contribution >= 4 is 11.6 Å². The van der Waals surface area contributed by atoms with E-state index < -0.39 is 0 Å². The molecule has 1 aliphatic carbocycles. The van der Waals surface area contributed by atoms with Crippen LogP contribution in [0.25, 0.3) is 0 Å². The molecule has 1 saturated carbocycles. The lowest BCUT2D eigenvalue weighted by atomic mass is 9.83. The maximum atomic E-state index is 12.7. The Morgan fingerprint density at radius 3 is 2.56 bits per heavy atom. The van der Waals surface area contributed by atoms with Crippen LogP contribution >= 0.6 is 0 Å². The number of hydrogen-bond donors (Lipinski definition) is 0. The molecule has 0 amide bonds. The van der Waals surface area contributed by atoms with Crippen molar-refractivity contribution in [3.63, 3.8) is 0 Å². The lowest BCUT2D eigenvalue weighted by molar-refractivity contribution is -0.121. The molecule has 1 aliphatic rings. The van der Waals surface area contributed by atoms with Gasteiger partial charge in [0.2, 0.25) is 0 Å². The third-order valence-electron chi connectivity index (χ3n) is 2.98. The van der Waals surface area contributed by atoms with E-state index >= 15 is 0 Å². The number of benzene rings is 1. The molecule has 1 aromatic carbocycles. The minimum atomic E-state index is -0.351. The predicted octanol–water partition coefficient (Wildman–Crippen LogP) is 2.77. The Morgan fingerprint density at radius 1 is 1.25 bits per heavy atom. The molecule has 84 valence electrons. The van der Waals surface area contributed by atoms with Gasteiger partial charge < -0.3 is 0 Å². The van der Waals surface area contributed by atoms with Crippen molar-refractivity contribution in [3.8, 4) is 0 Å². The average molecular weight is 220 g/mol. The van der Waals surface area contributed by atoms with Crippen LogP contribution < -0.4 is 0 Å². The monoisotopic (exact) mass is 220 g/mol. The summed E-state index contributed by atoms with van der Waals surface area (Å²) in [6.07, 6.45) is 2.49. The smallest absolute Gasteiger partial charge is 0.166 e. The minimum absolute atomic E-state index is 0.0342. The fourth-order valence-corrected chi connectivity index (χ4v) is 2.10. The summed E-state index contributed by atoms with van der Waals surface area (Å²) in [5.41, 5.74) is 0.501. The molecule has 3 heteroatoms. The SMILES string of the molecule is O=C1CCC[C@@H](C(=O)c2ccc(F)cc2)C1. The first-order valence-corrected chi connectivity index (χ1v) is 5.48. The molecule has 0 spiro atoms. The first-order chi connectivity index (χ1) is 7.66. The second-order valence-corrected chi connectivity index (χ2v) is 4.20. The Labute approximate surface area is 93.5 Å². The zero-order valence-corrected chi connectivity index (χ0v) is 8.91. The van der Waals surface area contributed by atoms with Gasteiger partial charge in [0.1, 0.15) is 11.6 Å². The highest BCUT2D eigenvalue weighted by molar-refractivity contribution is 6.00. The number of Topliss-reactive ketones (excluding diaryl/α,β-unsaturated/α-hetero) is 2. The molecule has 1 aromatic rings. The summed E-state index contributed by atoms with van der Waals surface area (Å²) >= 11 is 0. The number of hydrogen-bond acceptors (Lipinski definition) is 2. The van der Waals surface area contributed by atoms with Gasteiger partial charge in [-0.2, -0.15) is 0 Å². The van der Waals surface area contributed by atoms with Crippen LogP contribution in [0.5, 0.6) is 0 Å². The second-order valence-electron chi connectivity index (χ2n) is 4.20. The molecule has 1 atom stereocenters. The number of rotatable bonds is 2. The van der Waals surface area contributed by atoms with E-state index in [2.05, 4.69) is 0 Å². The van der Waals surface area contributed by atoms with Gasteiger partial charge in [-0.3, -0.25) is 9.59 Å². The van der Waals surface area contributed by atoms with Crippen LogP contribution in [-0.4, -0.2) is 11.6 Å². The molecular weight excluding hydrogens is 207 g/mol. The van der Waals surface area contributed by atoms with Crippen LogP contribution in [-0.2, 0) is 4.79 Å². The largest absolute Gasteiger partial charge is 0.300 e. The molecule has 0 bridgehead atoms. The van der Waals surface area contributed by atoms with E-state index in [0.717, 1.165) is 12.8 Å². The first-order valence-electron chi connectivity index (χ1n) is 5.48. The second kappa shape index (κ2) is 4.56. The summed E-state index contributed by atoms with van der Waals surface area (Å²) < 4.78 is 12.7. The zero-order chi connectivity index (χ0) is 11.5. The zero-order valence-electron chi connectivity index (χ0n) is 8.91. The number of ketones is 2. The van der Waals surface area contributed by atoms with Crippen molar-refractivity contribution in [2.75, 3.05) is 0 Å². The molecule has 0 radical (unpaired) electrons. The van der Waals surface area contributed by atoms with E-state index in [0.29, 0.717) is 18.4 Å². The van der Waals surface area contributed by atoms with E-state index in [-0.39, 0.29) is 23.3 Å². The van der Waals surface area contributed by atoms with Crippen LogP contribution in [0.1, 0.15) is 36.0 Å². The predicted molar refractivity (Wildman–Crippen MR) is 57.7 cm³/mol. The maximum Gasteiger partial charge on any atom is 0.166 e. The van der Waals surface area contributed by atoms with Crippen LogP contribution in [0.4, 0.5) is 4.39 Å². The van der Waals surface area contributed by atoms with Gasteiger partial charge in [0.25, 0.3) is 0 Å². The molecule has 0 heterocycles. The normalized spacial score (nSPS) is 20.8. The summed E-state index contributed by atoms with van der Waals surface area (Å²) in [5, 5.41) is 0. The fourth-order valence-electron chi connectivity index (χ4n) is 2.10. The van der Waals surface area contributed by atoms with Crippen molar-refractivity contribution in [1.82, 2.24) is 0 Å². The molecule has 0 aromatic heterocycles. The number of halogens is 1. The van der Waals surface area contributed by atoms with Gasteiger partial charge in [-0.15, -0.1) is 0 Å². The third-order valence-corrected chi connectivity index (χ3v) is 2.98. The maximum absolute atomic E-state index is 12.7. The van der Waals surface area contributed by atoms with Crippen molar-refractivity contribution in [1.29, 1.82) is 0 Å². The van der Waals surface area contributed by atoms with E-state index in [9.17, 15) is 14.0 Å². The average Bonchev–Trinajstić information content (AvgIpc) is 2.29. The third kappa shape index (κ3) is 2.35. The van der Waals surface area contributed by atoms with Crippen molar-refractivity contribution in [2.24, 2.45) is 5.92 Å². The van der Waals surface area contributed by atoms with Crippen molar-refractivity contribution < 1.29 is 14.0 Å². The molecule has 0 saturated heterocycles. The summed E-state index contributed by atoms with van der Waals surface area (Å²) in [4.78, 5) is 23.2. The van der Waals surface area contributed by atoms with E-state index in [4.69, 9.17) is 0 Å². The molecule has 1 fully saturated rings. The fraction of sp³-hybridized carbons (Fsp3) is 0.385. The van der Waals surface area contributed by atoms with Crippen LogP contribution in [0.15, 0.2) is 24.3 Å².